The molecule has 2 aromatic carbocycles. The zero-order valence-electron chi connectivity index (χ0n) is 12.9. The Morgan fingerprint density at radius 2 is 1.35 bits per heavy atom. The number of amides is 2. The highest BCUT2D eigenvalue weighted by Gasteiger charge is 2.34. The molecular weight excluding hydrogens is 306 g/mol. The van der Waals surface area contributed by atoms with Gasteiger partial charge in [-0.15, -0.1) is 11.8 Å². The molecule has 0 radical (unpaired) electrons. The molecule has 0 unspecified atom stereocenters. The summed E-state index contributed by atoms with van der Waals surface area (Å²) in [5.74, 6) is 0.764. The third-order valence-electron chi connectivity index (χ3n) is 3.92. The molecule has 0 saturated heterocycles. The fourth-order valence-electron chi connectivity index (χ4n) is 2.70. The lowest BCUT2D eigenvalue weighted by Gasteiger charge is -2.13. The number of fused-ring (bicyclic) bond motifs is 1. The Kier molecular flexibility index (Phi) is 5.13. The standard InChI is InChI=1S/C19H19NO2S/c21-18-16-11-5-6-12-17(16)19(22)20(18)13-7-2-8-14-23-15-9-3-1-4-10-15/h1,3-6,9-12H,2,7-8,13-14H2. The lowest BCUT2D eigenvalue weighted by Crippen LogP contribution is -2.30. The predicted octanol–water partition coefficient (Wildman–Crippen LogP) is 4.25. The second-order valence-corrected chi connectivity index (χ2v) is 6.70. The number of thioether (sulfide) groups is 1. The second-order valence-electron chi connectivity index (χ2n) is 5.53. The highest BCUT2D eigenvalue weighted by molar-refractivity contribution is 7.99. The number of nitrogens with zero attached hydrogens (tertiary/aromatic N) is 1. The van der Waals surface area contributed by atoms with E-state index in [2.05, 4.69) is 12.1 Å². The van der Waals surface area contributed by atoms with Crippen LogP contribution in [0.3, 0.4) is 0 Å². The SMILES string of the molecule is O=C1c2ccccc2C(=O)N1CCCCCSc1ccccc1. The first-order valence-electron chi connectivity index (χ1n) is 7.90. The fraction of sp³-hybridized carbons (Fsp3) is 0.263. The summed E-state index contributed by atoms with van der Waals surface area (Å²) in [7, 11) is 0. The lowest BCUT2D eigenvalue weighted by molar-refractivity contribution is 0.0651. The fourth-order valence-corrected chi connectivity index (χ4v) is 3.63. The van der Waals surface area contributed by atoms with E-state index in [-0.39, 0.29) is 11.8 Å². The van der Waals surface area contributed by atoms with Crippen LogP contribution in [0.25, 0.3) is 0 Å². The van der Waals surface area contributed by atoms with E-state index in [1.807, 2.05) is 30.0 Å². The van der Waals surface area contributed by atoms with Gasteiger partial charge in [-0.2, -0.15) is 0 Å². The van der Waals surface area contributed by atoms with Crippen molar-refractivity contribution >= 4 is 23.6 Å². The molecule has 1 aliphatic rings. The van der Waals surface area contributed by atoms with Gasteiger partial charge in [0.1, 0.15) is 0 Å². The van der Waals surface area contributed by atoms with Gasteiger partial charge >= 0.3 is 0 Å². The first-order valence-corrected chi connectivity index (χ1v) is 8.89. The number of hydrogen-bond acceptors (Lipinski definition) is 3. The van der Waals surface area contributed by atoms with Crippen LogP contribution in [0.15, 0.2) is 59.5 Å². The van der Waals surface area contributed by atoms with Crippen molar-refractivity contribution in [3.63, 3.8) is 0 Å². The molecule has 3 rings (SSSR count). The van der Waals surface area contributed by atoms with Gasteiger partial charge in [0.15, 0.2) is 0 Å². The number of carbonyl (C=O) groups excluding carboxylic acids is 2. The monoisotopic (exact) mass is 325 g/mol. The van der Waals surface area contributed by atoms with Gasteiger partial charge in [-0.3, -0.25) is 14.5 Å². The molecule has 2 amide bonds. The number of benzene rings is 2. The molecule has 1 heterocycles. The second kappa shape index (κ2) is 7.47. The minimum Gasteiger partial charge on any atom is -0.274 e. The van der Waals surface area contributed by atoms with Crippen molar-refractivity contribution in [2.45, 2.75) is 24.2 Å². The number of hydrogen-bond donors (Lipinski definition) is 0. The number of unbranched alkanes of at least 4 members (excludes halogenated alkanes) is 2. The normalized spacial score (nSPS) is 13.5. The van der Waals surface area contributed by atoms with E-state index in [0.29, 0.717) is 17.7 Å². The van der Waals surface area contributed by atoms with Gasteiger partial charge in [-0.05, 0) is 42.9 Å². The highest BCUT2D eigenvalue weighted by Crippen LogP contribution is 2.23. The molecule has 4 heteroatoms. The predicted molar refractivity (Wildman–Crippen MR) is 92.8 cm³/mol. The van der Waals surface area contributed by atoms with Crippen molar-refractivity contribution in [3.8, 4) is 0 Å². The van der Waals surface area contributed by atoms with E-state index >= 15 is 0 Å². The summed E-state index contributed by atoms with van der Waals surface area (Å²) in [4.78, 5) is 27.1. The van der Waals surface area contributed by atoms with E-state index in [9.17, 15) is 9.59 Å². The van der Waals surface area contributed by atoms with Crippen LogP contribution >= 0.6 is 11.8 Å². The van der Waals surface area contributed by atoms with Crippen molar-refractivity contribution in [1.82, 2.24) is 4.90 Å². The van der Waals surface area contributed by atoms with Crippen molar-refractivity contribution in [3.05, 3.63) is 65.7 Å². The van der Waals surface area contributed by atoms with Gasteiger partial charge in [0.25, 0.3) is 11.8 Å². The topological polar surface area (TPSA) is 37.4 Å². The average molecular weight is 325 g/mol. The maximum atomic E-state index is 12.2. The molecule has 0 spiro atoms. The molecule has 1 aliphatic heterocycles. The largest absolute Gasteiger partial charge is 0.274 e. The smallest absolute Gasteiger partial charge is 0.261 e. The van der Waals surface area contributed by atoms with E-state index < -0.39 is 0 Å². The van der Waals surface area contributed by atoms with Crippen molar-refractivity contribution in [1.29, 1.82) is 0 Å². The summed E-state index contributed by atoms with van der Waals surface area (Å²) in [6.45, 7) is 0.516. The van der Waals surface area contributed by atoms with Gasteiger partial charge in [-0.25, -0.2) is 0 Å². The van der Waals surface area contributed by atoms with Gasteiger partial charge in [0.05, 0.1) is 11.1 Å². The molecule has 0 aromatic heterocycles. The maximum Gasteiger partial charge on any atom is 0.261 e. The summed E-state index contributed by atoms with van der Waals surface area (Å²) in [5, 5.41) is 0. The van der Waals surface area contributed by atoms with Crippen molar-refractivity contribution in [2.24, 2.45) is 0 Å². The molecule has 0 atom stereocenters. The Morgan fingerprint density at radius 3 is 2.00 bits per heavy atom. The Balaban J connectivity index is 1.40. The van der Waals surface area contributed by atoms with Crippen LogP contribution in [0, 0.1) is 0 Å². The van der Waals surface area contributed by atoms with Crippen LogP contribution in [-0.4, -0.2) is 29.0 Å². The summed E-state index contributed by atoms with van der Waals surface area (Å²) >= 11 is 1.85. The molecular formula is C19H19NO2S. The highest BCUT2D eigenvalue weighted by atomic mass is 32.2. The first-order chi connectivity index (χ1) is 11.3. The summed E-state index contributed by atoms with van der Waals surface area (Å²) in [5.41, 5.74) is 1.08. The Morgan fingerprint density at radius 1 is 0.739 bits per heavy atom. The minimum atomic E-state index is -0.149. The van der Waals surface area contributed by atoms with Crippen LogP contribution in [0.4, 0.5) is 0 Å². The summed E-state index contributed by atoms with van der Waals surface area (Å²) < 4.78 is 0. The third-order valence-corrected chi connectivity index (χ3v) is 5.01. The van der Waals surface area contributed by atoms with Crippen LogP contribution in [0.1, 0.15) is 40.0 Å². The van der Waals surface area contributed by atoms with Gasteiger partial charge in [0, 0.05) is 11.4 Å². The maximum absolute atomic E-state index is 12.2. The molecule has 0 aliphatic carbocycles. The van der Waals surface area contributed by atoms with Crippen LogP contribution in [-0.2, 0) is 0 Å². The molecule has 0 fully saturated rings. The molecule has 0 N–H and O–H groups in total. The molecule has 118 valence electrons. The number of imide groups is 1. The Bertz CT molecular complexity index is 665. The molecule has 3 nitrogen and oxygen atoms in total. The van der Waals surface area contributed by atoms with Crippen molar-refractivity contribution in [2.75, 3.05) is 12.3 Å². The zero-order chi connectivity index (χ0) is 16.1. The summed E-state index contributed by atoms with van der Waals surface area (Å²) in [6, 6.07) is 17.4. The van der Waals surface area contributed by atoms with Crippen LogP contribution < -0.4 is 0 Å². The van der Waals surface area contributed by atoms with E-state index in [1.54, 1.807) is 24.3 Å². The van der Waals surface area contributed by atoms with E-state index in [4.69, 9.17) is 0 Å². The van der Waals surface area contributed by atoms with Gasteiger partial charge < -0.3 is 0 Å². The number of carbonyl (C=O) groups is 2. The van der Waals surface area contributed by atoms with Crippen LogP contribution in [0.5, 0.6) is 0 Å². The Labute approximate surface area is 140 Å². The molecule has 2 aromatic rings. The van der Waals surface area contributed by atoms with Gasteiger partial charge in [0.2, 0.25) is 0 Å². The van der Waals surface area contributed by atoms with E-state index in [1.165, 1.54) is 9.80 Å². The Hall–Kier alpha value is -2.07. The quantitative estimate of drug-likeness (QED) is 0.434. The minimum absolute atomic E-state index is 0.149. The van der Waals surface area contributed by atoms with E-state index in [0.717, 1.165) is 25.0 Å². The van der Waals surface area contributed by atoms with Crippen LogP contribution in [0.2, 0.25) is 0 Å². The lowest BCUT2D eigenvalue weighted by atomic mass is 10.1. The third kappa shape index (κ3) is 3.64. The van der Waals surface area contributed by atoms with Gasteiger partial charge in [-0.1, -0.05) is 36.8 Å². The molecule has 23 heavy (non-hydrogen) atoms. The summed E-state index contributed by atoms with van der Waals surface area (Å²) in [6.07, 6.45) is 2.97. The van der Waals surface area contributed by atoms with Crippen molar-refractivity contribution < 1.29 is 9.59 Å². The average Bonchev–Trinajstić information content (AvgIpc) is 2.84. The zero-order valence-corrected chi connectivity index (χ0v) is 13.7. The molecule has 0 saturated carbocycles. The first kappa shape index (κ1) is 15.8. The molecule has 0 bridgehead atoms. The number of rotatable bonds is 7.